The molecule has 0 radical (unpaired) electrons. The van der Waals surface area contributed by atoms with Gasteiger partial charge in [-0.3, -0.25) is 9.59 Å². The number of aryl methyl sites for hydroxylation is 1. The molecular weight excluding hydrogens is 509 g/mol. The first-order chi connectivity index (χ1) is 19.0. The lowest BCUT2D eigenvalue weighted by Gasteiger charge is -2.26. The second-order valence-corrected chi connectivity index (χ2v) is 10.7. The second-order valence-electron chi connectivity index (χ2n) is 10.7. The fourth-order valence-electron chi connectivity index (χ4n) is 5.11. The summed E-state index contributed by atoms with van der Waals surface area (Å²) in [6, 6.07) is 16.1. The number of nitrogens with zero attached hydrogens (tertiary/aromatic N) is 1. The number of amides is 1. The van der Waals surface area contributed by atoms with Crippen LogP contribution in [0.3, 0.4) is 0 Å². The smallest absolute Gasteiger partial charge is 0.295 e. The van der Waals surface area contributed by atoms with Gasteiger partial charge >= 0.3 is 0 Å². The number of likely N-dealkylation sites (tertiary alicyclic amines) is 1. The van der Waals surface area contributed by atoms with Crippen molar-refractivity contribution < 1.29 is 28.6 Å². The Labute approximate surface area is 235 Å². The zero-order valence-electron chi connectivity index (χ0n) is 23.8. The van der Waals surface area contributed by atoms with E-state index in [4.69, 9.17) is 9.47 Å². The van der Waals surface area contributed by atoms with Crippen LogP contribution in [0.1, 0.15) is 67.5 Å². The fraction of sp³-hybridized carbons (Fsp3) is 0.333. The molecule has 1 atom stereocenters. The number of benzene rings is 3. The zero-order valence-corrected chi connectivity index (χ0v) is 23.8. The van der Waals surface area contributed by atoms with Crippen LogP contribution in [0.25, 0.3) is 5.76 Å². The van der Waals surface area contributed by atoms with E-state index in [-0.39, 0.29) is 35.7 Å². The van der Waals surface area contributed by atoms with Gasteiger partial charge in [-0.15, -0.1) is 0 Å². The van der Waals surface area contributed by atoms with Gasteiger partial charge in [0.05, 0.1) is 24.8 Å². The highest BCUT2D eigenvalue weighted by Crippen LogP contribution is 2.42. The summed E-state index contributed by atoms with van der Waals surface area (Å²) in [6.07, 6.45) is 0.335. The predicted molar refractivity (Wildman–Crippen MR) is 153 cm³/mol. The minimum absolute atomic E-state index is 0.0220. The van der Waals surface area contributed by atoms with Gasteiger partial charge in [-0.1, -0.05) is 38.1 Å². The van der Waals surface area contributed by atoms with Crippen LogP contribution in [0.5, 0.6) is 11.5 Å². The van der Waals surface area contributed by atoms with Crippen molar-refractivity contribution in [2.75, 3.05) is 13.7 Å². The summed E-state index contributed by atoms with van der Waals surface area (Å²) in [7, 11) is 1.60. The molecule has 0 spiro atoms. The molecule has 0 aromatic heterocycles. The molecule has 1 N–H and O–H groups in total. The maximum atomic E-state index is 13.6. The average Bonchev–Trinajstić information content (AvgIpc) is 3.16. The summed E-state index contributed by atoms with van der Waals surface area (Å²) >= 11 is 0. The van der Waals surface area contributed by atoms with E-state index in [1.54, 1.807) is 25.3 Å². The number of carbonyl (C=O) groups excluding carboxylic acids is 2. The van der Waals surface area contributed by atoms with Crippen LogP contribution < -0.4 is 9.47 Å². The number of ketones is 1. The maximum absolute atomic E-state index is 13.6. The first kappa shape index (κ1) is 28.9. The minimum Gasteiger partial charge on any atom is -0.507 e. The van der Waals surface area contributed by atoms with Gasteiger partial charge in [-0.25, -0.2) is 4.39 Å². The van der Waals surface area contributed by atoms with Gasteiger partial charge in [-0.2, -0.15) is 0 Å². The molecule has 0 saturated carbocycles. The van der Waals surface area contributed by atoms with E-state index in [1.807, 2.05) is 65.0 Å². The van der Waals surface area contributed by atoms with Crippen molar-refractivity contribution in [1.29, 1.82) is 0 Å². The van der Waals surface area contributed by atoms with E-state index in [2.05, 4.69) is 0 Å². The summed E-state index contributed by atoms with van der Waals surface area (Å²) in [5.74, 6) is -0.636. The lowest BCUT2D eigenvalue weighted by atomic mass is 9.91. The highest BCUT2D eigenvalue weighted by atomic mass is 19.1. The Morgan fingerprint density at radius 1 is 1.02 bits per heavy atom. The minimum atomic E-state index is -0.833. The van der Waals surface area contributed by atoms with Crippen LogP contribution in [0.2, 0.25) is 0 Å². The Morgan fingerprint density at radius 3 is 2.35 bits per heavy atom. The maximum Gasteiger partial charge on any atom is 0.295 e. The molecule has 6 nitrogen and oxygen atoms in total. The molecule has 1 fully saturated rings. The van der Waals surface area contributed by atoms with Gasteiger partial charge in [0.2, 0.25) is 0 Å². The predicted octanol–water partition coefficient (Wildman–Crippen LogP) is 6.72. The van der Waals surface area contributed by atoms with Crippen LogP contribution >= 0.6 is 0 Å². The van der Waals surface area contributed by atoms with Crippen molar-refractivity contribution in [3.8, 4) is 11.5 Å². The lowest BCUT2D eigenvalue weighted by Crippen LogP contribution is -2.31. The standard InChI is InChI=1S/C33H36FNO5/c1-19(2)26-18-27(21(5)16-28(26)39-6)31(36)29-30(23-8-7-9-25(17-23)40-20(3)4)35(33(38)32(29)37)15-14-22-10-12-24(34)13-11-22/h7-13,16-20,30,36H,14-15H2,1-6H3/b31-29+. The molecule has 1 unspecified atom stereocenters. The van der Waals surface area contributed by atoms with Gasteiger partial charge in [0.1, 0.15) is 23.1 Å². The number of rotatable bonds is 9. The molecule has 0 bridgehead atoms. The molecule has 1 heterocycles. The number of Topliss-reactive ketones (excluding diaryl/α,β-unsaturated/α-hetero) is 1. The average molecular weight is 546 g/mol. The van der Waals surface area contributed by atoms with Crippen LogP contribution in [0.4, 0.5) is 4.39 Å². The number of aliphatic hydroxyl groups excluding tert-OH is 1. The van der Waals surface area contributed by atoms with Crippen LogP contribution in [0, 0.1) is 12.7 Å². The normalized spacial score (nSPS) is 16.7. The molecule has 210 valence electrons. The number of hydrogen-bond acceptors (Lipinski definition) is 5. The highest BCUT2D eigenvalue weighted by molar-refractivity contribution is 6.46. The number of methoxy groups -OCH3 is 1. The molecule has 0 aliphatic carbocycles. The third kappa shape index (κ3) is 5.88. The molecule has 4 rings (SSSR count). The molecule has 3 aromatic rings. The van der Waals surface area contributed by atoms with Gasteiger partial charge < -0.3 is 19.5 Å². The van der Waals surface area contributed by atoms with E-state index in [1.165, 1.54) is 17.0 Å². The third-order valence-corrected chi connectivity index (χ3v) is 7.09. The first-order valence-electron chi connectivity index (χ1n) is 13.5. The molecule has 1 saturated heterocycles. The van der Waals surface area contributed by atoms with E-state index in [0.29, 0.717) is 34.6 Å². The fourth-order valence-corrected chi connectivity index (χ4v) is 5.11. The molecule has 40 heavy (non-hydrogen) atoms. The number of ether oxygens (including phenoxy) is 2. The Balaban J connectivity index is 1.86. The summed E-state index contributed by atoms with van der Waals surface area (Å²) < 4.78 is 24.9. The van der Waals surface area contributed by atoms with E-state index >= 15 is 0 Å². The van der Waals surface area contributed by atoms with Gasteiger partial charge in [0.15, 0.2) is 0 Å². The largest absolute Gasteiger partial charge is 0.507 e. The number of aliphatic hydroxyl groups is 1. The van der Waals surface area contributed by atoms with Crippen molar-refractivity contribution in [2.24, 2.45) is 0 Å². The summed E-state index contributed by atoms with van der Waals surface area (Å²) in [5.41, 5.74) is 3.56. The van der Waals surface area contributed by atoms with Crippen molar-refractivity contribution >= 4 is 17.4 Å². The van der Waals surface area contributed by atoms with Crippen molar-refractivity contribution in [1.82, 2.24) is 4.90 Å². The van der Waals surface area contributed by atoms with Crippen molar-refractivity contribution in [3.05, 3.63) is 99.9 Å². The Bertz CT molecular complexity index is 1440. The van der Waals surface area contributed by atoms with Crippen molar-refractivity contribution in [2.45, 2.75) is 59.1 Å². The third-order valence-electron chi connectivity index (χ3n) is 7.09. The van der Waals surface area contributed by atoms with Crippen LogP contribution in [-0.2, 0) is 16.0 Å². The number of carbonyl (C=O) groups is 2. The van der Waals surface area contributed by atoms with Crippen molar-refractivity contribution in [3.63, 3.8) is 0 Å². The van der Waals surface area contributed by atoms with Gasteiger partial charge in [-0.05, 0) is 91.8 Å². The van der Waals surface area contributed by atoms with Crippen LogP contribution in [-0.4, -0.2) is 41.5 Å². The van der Waals surface area contributed by atoms with E-state index in [0.717, 1.165) is 11.1 Å². The summed E-state index contributed by atoms with van der Waals surface area (Å²) in [5, 5.41) is 11.7. The van der Waals surface area contributed by atoms with E-state index < -0.39 is 17.7 Å². The highest BCUT2D eigenvalue weighted by Gasteiger charge is 2.46. The van der Waals surface area contributed by atoms with Gasteiger partial charge in [0.25, 0.3) is 11.7 Å². The molecule has 7 heteroatoms. The SMILES string of the molecule is COc1cc(C)c(/C(O)=C2\C(=O)C(=O)N(CCc3ccc(F)cc3)C2c2cccc(OC(C)C)c2)cc1C(C)C. The second kappa shape index (κ2) is 11.9. The zero-order chi connectivity index (χ0) is 29.1. The Morgan fingerprint density at radius 2 is 1.73 bits per heavy atom. The Kier molecular flexibility index (Phi) is 8.62. The molecule has 1 amide bonds. The summed E-state index contributed by atoms with van der Waals surface area (Å²) in [6.45, 7) is 9.90. The lowest BCUT2D eigenvalue weighted by molar-refractivity contribution is -0.139. The molecule has 1 aliphatic rings. The molecular formula is C33H36FNO5. The van der Waals surface area contributed by atoms with Crippen LogP contribution in [0.15, 0.2) is 66.2 Å². The Hall–Kier alpha value is -4.13. The molecule has 3 aromatic carbocycles. The number of halogens is 1. The summed E-state index contributed by atoms with van der Waals surface area (Å²) in [4.78, 5) is 28.5. The van der Waals surface area contributed by atoms with E-state index in [9.17, 15) is 19.1 Å². The number of hydrogen-bond donors (Lipinski definition) is 1. The molecule has 1 aliphatic heterocycles. The monoisotopic (exact) mass is 545 g/mol. The quantitative estimate of drug-likeness (QED) is 0.184. The van der Waals surface area contributed by atoms with Gasteiger partial charge in [0, 0.05) is 12.1 Å². The topological polar surface area (TPSA) is 76.1 Å². The first-order valence-corrected chi connectivity index (χ1v) is 13.5.